The van der Waals surface area contributed by atoms with E-state index in [9.17, 15) is 0 Å². The minimum absolute atomic E-state index is 1.21. The summed E-state index contributed by atoms with van der Waals surface area (Å²) in [5.74, 6) is 0. The highest BCUT2D eigenvalue weighted by Crippen LogP contribution is 1.95. The lowest BCUT2D eigenvalue weighted by Gasteiger charge is -2.11. The fraction of sp³-hybridized carbons (Fsp3) is 0.0588. The van der Waals surface area contributed by atoms with Crippen molar-refractivity contribution in [1.29, 1.82) is 0 Å². The average Bonchev–Trinajstić information content (AvgIpc) is 2.46. The molecule has 90 valence electrons. The van der Waals surface area contributed by atoms with E-state index < -0.39 is 8.80 Å². The van der Waals surface area contributed by atoms with Crippen molar-refractivity contribution in [1.82, 2.24) is 0 Å². The van der Waals surface area contributed by atoms with Crippen LogP contribution in [0.1, 0.15) is 6.92 Å². The van der Waals surface area contributed by atoms with E-state index in [1.807, 2.05) is 6.92 Å². The quantitative estimate of drug-likeness (QED) is 0.578. The fourth-order valence-electron chi connectivity index (χ4n) is 2.02. The van der Waals surface area contributed by atoms with E-state index in [-0.39, 0.29) is 0 Å². The maximum atomic E-state index is 2.38. The number of rotatable bonds is 4. The molecule has 0 heterocycles. The second kappa shape index (κ2) is 6.77. The fourth-order valence-corrected chi connectivity index (χ4v) is 4.48. The molecule has 0 saturated carbocycles. The van der Waals surface area contributed by atoms with Crippen LogP contribution in [0.2, 0.25) is 0 Å². The molecular weight excluding hydrogens is 232 g/mol. The van der Waals surface area contributed by atoms with Crippen LogP contribution in [0.3, 0.4) is 0 Å². The van der Waals surface area contributed by atoms with Gasteiger partial charge < -0.3 is 0 Å². The third-order valence-electron chi connectivity index (χ3n) is 2.92. The van der Waals surface area contributed by atoms with Crippen molar-refractivity contribution < 1.29 is 0 Å². The smallest absolute Gasteiger partial charge is 0.0889 e. The second-order valence-corrected chi connectivity index (χ2v) is 6.88. The summed E-state index contributed by atoms with van der Waals surface area (Å²) in [5.41, 5.74) is 2.38. The summed E-state index contributed by atoms with van der Waals surface area (Å²) in [6.45, 7) is 2.05. The molecule has 2 rings (SSSR count). The molecule has 0 fully saturated rings. The molecule has 2 aromatic carbocycles. The largest absolute Gasteiger partial charge is 0.125 e. The van der Waals surface area contributed by atoms with Crippen LogP contribution < -0.4 is 10.4 Å². The van der Waals surface area contributed by atoms with Crippen molar-refractivity contribution in [3.63, 3.8) is 0 Å². The Morgan fingerprint density at radius 2 is 1.22 bits per heavy atom. The first-order valence-corrected chi connectivity index (χ1v) is 8.13. The maximum Gasteiger partial charge on any atom is 0.125 e. The molecular formula is C17H18Si. The first-order valence-electron chi connectivity index (χ1n) is 6.31. The van der Waals surface area contributed by atoms with Crippen LogP contribution in [0, 0.1) is 0 Å². The van der Waals surface area contributed by atoms with E-state index in [2.05, 4.69) is 84.6 Å². The molecule has 18 heavy (non-hydrogen) atoms. The molecule has 0 aliphatic rings. The number of allylic oxidation sites excluding steroid dienone is 3. The molecule has 0 aliphatic carbocycles. The molecule has 0 aliphatic heterocycles. The Morgan fingerprint density at radius 3 is 1.67 bits per heavy atom. The van der Waals surface area contributed by atoms with Crippen LogP contribution in [-0.2, 0) is 0 Å². The van der Waals surface area contributed by atoms with Gasteiger partial charge in [-0.15, -0.1) is 0 Å². The highest BCUT2D eigenvalue weighted by molar-refractivity contribution is 6.89. The van der Waals surface area contributed by atoms with E-state index in [0.717, 1.165) is 0 Å². The van der Waals surface area contributed by atoms with Crippen LogP contribution in [0.25, 0.3) is 0 Å². The first kappa shape index (κ1) is 12.6. The van der Waals surface area contributed by atoms with Crippen molar-refractivity contribution in [2.45, 2.75) is 6.92 Å². The van der Waals surface area contributed by atoms with Crippen LogP contribution in [0.15, 0.2) is 84.6 Å². The highest BCUT2D eigenvalue weighted by atomic mass is 28.3. The molecule has 0 nitrogen and oxygen atoms in total. The lowest BCUT2D eigenvalue weighted by atomic mass is 10.4. The summed E-state index contributed by atoms with van der Waals surface area (Å²) in [7, 11) is -1.21. The van der Waals surface area contributed by atoms with Gasteiger partial charge >= 0.3 is 0 Å². The third-order valence-corrected chi connectivity index (χ3v) is 5.74. The predicted octanol–water partition coefficient (Wildman–Crippen LogP) is 2.70. The Morgan fingerprint density at radius 1 is 0.722 bits per heavy atom. The topological polar surface area (TPSA) is 0 Å². The SMILES string of the molecule is CC=CC=C[SiH](c1ccccc1)c1ccccc1. The van der Waals surface area contributed by atoms with E-state index in [0.29, 0.717) is 0 Å². The summed E-state index contributed by atoms with van der Waals surface area (Å²) < 4.78 is 0. The van der Waals surface area contributed by atoms with Crippen molar-refractivity contribution in [2.24, 2.45) is 0 Å². The molecule has 1 heteroatoms. The molecule has 2 aromatic rings. The standard InChI is InChI=1S/C17H18Si/c1-2-3-10-15-18(16-11-6-4-7-12-16)17-13-8-5-9-14-17/h2-15,18H,1H3. The first-order chi connectivity index (χ1) is 8.92. The van der Waals surface area contributed by atoms with E-state index in [1.165, 1.54) is 10.4 Å². The van der Waals surface area contributed by atoms with Crippen molar-refractivity contribution in [2.75, 3.05) is 0 Å². The normalized spacial score (nSPS) is 11.7. The minimum atomic E-state index is -1.21. The van der Waals surface area contributed by atoms with Crippen molar-refractivity contribution in [3.05, 3.63) is 84.6 Å². The number of benzene rings is 2. The van der Waals surface area contributed by atoms with Gasteiger partial charge in [-0.25, -0.2) is 0 Å². The van der Waals surface area contributed by atoms with Gasteiger partial charge in [-0.05, 0) is 6.92 Å². The van der Waals surface area contributed by atoms with Gasteiger partial charge in [-0.3, -0.25) is 0 Å². The Balaban J connectivity index is 2.35. The van der Waals surface area contributed by atoms with Crippen molar-refractivity contribution >= 4 is 19.2 Å². The lowest BCUT2D eigenvalue weighted by Crippen LogP contribution is -2.40. The van der Waals surface area contributed by atoms with Gasteiger partial charge in [0.2, 0.25) is 0 Å². The number of hydrogen-bond acceptors (Lipinski definition) is 0. The molecule has 0 saturated heterocycles. The summed E-state index contributed by atoms with van der Waals surface area (Å²) >= 11 is 0. The summed E-state index contributed by atoms with van der Waals surface area (Å²) in [6, 6.07) is 21.6. The maximum absolute atomic E-state index is 2.38. The average molecular weight is 250 g/mol. The molecule has 0 atom stereocenters. The zero-order chi connectivity index (χ0) is 12.6. The molecule has 0 bridgehead atoms. The van der Waals surface area contributed by atoms with E-state index in [1.54, 1.807) is 0 Å². The molecule has 0 aromatic heterocycles. The van der Waals surface area contributed by atoms with E-state index in [4.69, 9.17) is 0 Å². The van der Waals surface area contributed by atoms with Gasteiger partial charge in [0.25, 0.3) is 0 Å². The Kier molecular flexibility index (Phi) is 4.74. The van der Waals surface area contributed by atoms with Gasteiger partial charge in [0.1, 0.15) is 8.80 Å². The predicted molar refractivity (Wildman–Crippen MR) is 83.3 cm³/mol. The highest BCUT2D eigenvalue weighted by Gasteiger charge is 2.11. The summed E-state index contributed by atoms with van der Waals surface area (Å²) in [6.07, 6.45) is 6.35. The Hall–Kier alpha value is -1.86. The molecule has 0 N–H and O–H groups in total. The van der Waals surface area contributed by atoms with E-state index >= 15 is 0 Å². The third kappa shape index (κ3) is 3.31. The van der Waals surface area contributed by atoms with Crippen LogP contribution in [0.5, 0.6) is 0 Å². The van der Waals surface area contributed by atoms with Crippen molar-refractivity contribution in [3.8, 4) is 0 Å². The van der Waals surface area contributed by atoms with Gasteiger partial charge in [0.05, 0.1) is 0 Å². The molecule has 0 radical (unpaired) electrons. The van der Waals surface area contributed by atoms with Crippen LogP contribution in [-0.4, -0.2) is 8.80 Å². The zero-order valence-corrected chi connectivity index (χ0v) is 11.8. The Labute approximate surface area is 111 Å². The Bertz CT molecular complexity index is 472. The van der Waals surface area contributed by atoms with Gasteiger partial charge in [0.15, 0.2) is 0 Å². The zero-order valence-electron chi connectivity index (χ0n) is 10.7. The lowest BCUT2D eigenvalue weighted by molar-refractivity contribution is 1.72. The summed E-state index contributed by atoms with van der Waals surface area (Å²) in [5, 5.41) is 2.92. The molecule has 0 unspecified atom stereocenters. The van der Waals surface area contributed by atoms with Gasteiger partial charge in [-0.1, -0.05) is 95.0 Å². The van der Waals surface area contributed by atoms with Gasteiger partial charge in [0, 0.05) is 0 Å². The monoisotopic (exact) mass is 250 g/mol. The van der Waals surface area contributed by atoms with Crippen LogP contribution in [0.4, 0.5) is 0 Å². The second-order valence-electron chi connectivity index (χ2n) is 4.21. The van der Waals surface area contributed by atoms with Gasteiger partial charge in [-0.2, -0.15) is 0 Å². The summed E-state index contributed by atoms with van der Waals surface area (Å²) in [4.78, 5) is 0. The molecule has 0 amide bonds. The number of hydrogen-bond donors (Lipinski definition) is 0. The molecule has 0 spiro atoms. The minimum Gasteiger partial charge on any atom is -0.0889 e. The van der Waals surface area contributed by atoms with Crippen LogP contribution >= 0.6 is 0 Å².